The number of anilines is 2. The molecule has 2 amide bonds. The Balaban J connectivity index is 1.84. The number of hydrogen-bond acceptors (Lipinski definition) is 13. The highest BCUT2D eigenvalue weighted by Crippen LogP contribution is 2.71. The second-order valence-electron chi connectivity index (χ2n) is 10.8. The van der Waals surface area contributed by atoms with Crippen molar-refractivity contribution in [1.29, 1.82) is 0 Å². The summed E-state index contributed by atoms with van der Waals surface area (Å²) < 4.78 is 24.3. The van der Waals surface area contributed by atoms with Crippen LogP contribution in [0.1, 0.15) is 19.4 Å². The lowest BCUT2D eigenvalue weighted by molar-refractivity contribution is -0.138. The minimum absolute atomic E-state index is 0.161. The molecule has 3 aliphatic rings. The Bertz CT molecular complexity index is 1900. The van der Waals surface area contributed by atoms with Gasteiger partial charge in [-0.2, -0.15) is 0 Å². The number of urea groups is 1. The van der Waals surface area contributed by atoms with Crippen molar-refractivity contribution in [3.63, 3.8) is 0 Å². The van der Waals surface area contributed by atoms with Gasteiger partial charge in [0, 0.05) is 21.7 Å². The van der Waals surface area contributed by atoms with E-state index in [2.05, 4.69) is 5.32 Å². The highest BCUT2D eigenvalue weighted by atomic mass is 35.5. The third kappa shape index (κ3) is 6.05. The second kappa shape index (κ2) is 13.9. The number of methoxy groups -OCH3 is 5. The van der Waals surface area contributed by atoms with Crippen molar-refractivity contribution in [3.05, 3.63) is 77.2 Å². The summed E-state index contributed by atoms with van der Waals surface area (Å²) in [6, 6.07) is 9.05. The van der Waals surface area contributed by atoms with Crippen LogP contribution in [0.5, 0.6) is 5.75 Å². The predicted octanol–water partition coefficient (Wildman–Crippen LogP) is 6.62. The minimum atomic E-state index is -1.74. The molecule has 1 N–H and O–H groups in total. The van der Waals surface area contributed by atoms with Gasteiger partial charge in [0.25, 0.3) is 0 Å². The van der Waals surface area contributed by atoms with Gasteiger partial charge < -0.3 is 29.0 Å². The van der Waals surface area contributed by atoms with Crippen molar-refractivity contribution in [3.8, 4) is 5.75 Å². The number of amides is 2. The third-order valence-corrected chi connectivity index (χ3v) is 13.1. The zero-order valence-electron chi connectivity index (χ0n) is 27.0. The van der Waals surface area contributed by atoms with Crippen LogP contribution in [0.4, 0.5) is 16.2 Å². The van der Waals surface area contributed by atoms with E-state index >= 15 is 0 Å². The Morgan fingerprint density at radius 2 is 1.31 bits per heavy atom. The van der Waals surface area contributed by atoms with E-state index in [0.717, 1.165) is 63.7 Å². The molecular weight excluding hydrogens is 739 g/mol. The minimum Gasteiger partial charge on any atom is -0.497 e. The average molecular weight is 768 g/mol. The molecule has 0 saturated carbocycles. The summed E-state index contributed by atoms with van der Waals surface area (Å²) in [4.78, 5) is 69.5. The molecule has 2 aromatic carbocycles. The molecule has 49 heavy (non-hydrogen) atoms. The average Bonchev–Trinajstić information content (AvgIpc) is 3.48. The van der Waals surface area contributed by atoms with Crippen LogP contribution in [0, 0.1) is 0 Å². The van der Waals surface area contributed by atoms with E-state index in [1.165, 1.54) is 18.1 Å². The van der Waals surface area contributed by atoms with Crippen LogP contribution in [0.3, 0.4) is 0 Å². The maximum absolute atomic E-state index is 14.3. The lowest BCUT2D eigenvalue weighted by atomic mass is 9.83. The molecule has 2 aromatic rings. The van der Waals surface area contributed by atoms with Gasteiger partial charge in [-0.05, 0) is 50.2 Å². The van der Waals surface area contributed by atoms with E-state index < -0.39 is 39.5 Å². The maximum atomic E-state index is 14.3. The van der Waals surface area contributed by atoms with Crippen molar-refractivity contribution >= 4 is 105 Å². The van der Waals surface area contributed by atoms with Crippen LogP contribution >= 0.6 is 58.5 Å². The smallest absolute Gasteiger partial charge is 0.345 e. The Labute approximate surface area is 303 Å². The number of rotatable bonds is 6. The normalized spacial score (nSPS) is 17.3. The van der Waals surface area contributed by atoms with Gasteiger partial charge >= 0.3 is 29.9 Å². The molecule has 12 nitrogen and oxygen atoms in total. The van der Waals surface area contributed by atoms with Crippen LogP contribution in [-0.4, -0.2) is 75.1 Å². The van der Waals surface area contributed by atoms with Gasteiger partial charge in [-0.25, -0.2) is 24.0 Å². The van der Waals surface area contributed by atoms with E-state index in [0.29, 0.717) is 38.2 Å². The fourth-order valence-electron chi connectivity index (χ4n) is 5.54. The molecule has 0 bridgehead atoms. The number of hydrogen-bond donors (Lipinski definition) is 1. The molecule has 1 spiro atoms. The maximum Gasteiger partial charge on any atom is 0.345 e. The molecular formula is C32H28Cl2N2O10S3. The van der Waals surface area contributed by atoms with Crippen molar-refractivity contribution in [1.82, 2.24) is 0 Å². The van der Waals surface area contributed by atoms with E-state index in [4.69, 9.17) is 46.9 Å². The fraction of sp³-hybridized carbons (Fsp3) is 0.281. The summed E-state index contributed by atoms with van der Waals surface area (Å²) >= 11 is 14.9. The molecule has 5 rings (SSSR count). The predicted molar refractivity (Wildman–Crippen MR) is 190 cm³/mol. The van der Waals surface area contributed by atoms with E-state index in [1.54, 1.807) is 44.2 Å². The Morgan fingerprint density at radius 3 is 1.84 bits per heavy atom. The van der Waals surface area contributed by atoms with Gasteiger partial charge in [0.05, 0.1) is 62.4 Å². The third-order valence-electron chi connectivity index (χ3n) is 7.72. The number of ether oxygens (including phenoxy) is 5. The molecule has 0 aliphatic carbocycles. The van der Waals surface area contributed by atoms with Crippen molar-refractivity contribution < 1.29 is 47.7 Å². The van der Waals surface area contributed by atoms with Gasteiger partial charge in [-0.1, -0.05) is 58.5 Å². The highest BCUT2D eigenvalue weighted by molar-refractivity contribution is 8.26. The first-order chi connectivity index (χ1) is 23.2. The van der Waals surface area contributed by atoms with Crippen molar-refractivity contribution in [2.75, 3.05) is 45.8 Å². The summed E-state index contributed by atoms with van der Waals surface area (Å²) in [5.41, 5.74) is 0.0670. The first kappa shape index (κ1) is 36.5. The van der Waals surface area contributed by atoms with Crippen LogP contribution in [0.2, 0.25) is 10.0 Å². The number of carbonyl (C=O) groups excluding carboxylic acids is 5. The quantitative estimate of drug-likeness (QED) is 0.248. The molecule has 0 aromatic heterocycles. The van der Waals surface area contributed by atoms with E-state index in [1.807, 2.05) is 0 Å². The topological polar surface area (TPSA) is 147 Å². The summed E-state index contributed by atoms with van der Waals surface area (Å²) in [5.74, 6) is -3.16. The number of carbonyl (C=O) groups is 5. The van der Waals surface area contributed by atoms with Crippen molar-refractivity contribution in [2.45, 2.75) is 23.5 Å². The highest BCUT2D eigenvalue weighted by Gasteiger charge is 2.62. The standard InChI is InChI=1S/C32H28Cl2N2O10S3/c1-31(2)25-20(16-13-15(42-3)9-11-19(16)36(31)30(41)35-14-8-10-17(33)18(34)12-14)32(21(26(37)43-4)22(47-25)27(38)44-5)48-23(28(39)45-6)24(49-32)29(40)46-7/h8-13H,1-7H3,(H,35,41). The van der Waals surface area contributed by atoms with Gasteiger partial charge in [0.15, 0.2) is 0 Å². The van der Waals surface area contributed by atoms with Gasteiger partial charge in [0.1, 0.15) is 24.5 Å². The monoisotopic (exact) mass is 766 g/mol. The van der Waals surface area contributed by atoms with Gasteiger partial charge in [-0.3, -0.25) is 4.90 Å². The number of nitrogens with zero attached hydrogens (tertiary/aromatic N) is 1. The molecule has 0 atom stereocenters. The summed E-state index contributed by atoms with van der Waals surface area (Å²) in [5, 5.41) is 3.39. The Kier molecular flexibility index (Phi) is 10.3. The molecule has 17 heteroatoms. The van der Waals surface area contributed by atoms with E-state index in [-0.39, 0.29) is 25.3 Å². The van der Waals surface area contributed by atoms with Crippen LogP contribution < -0.4 is 15.0 Å². The first-order valence-corrected chi connectivity index (χ1v) is 17.3. The zero-order chi connectivity index (χ0) is 36.0. The number of nitrogens with one attached hydrogen (secondary N) is 1. The SMILES string of the molecule is COC(=O)C1=C(C(=O)OC)SC2(S1)C(C(=O)OC)=C(C(=O)OC)SC1=C2c2cc(OC)ccc2N(C(=O)Nc2ccc(Cl)c(Cl)c2)C1(C)C. The number of benzene rings is 2. The van der Waals surface area contributed by atoms with Crippen molar-refractivity contribution in [2.24, 2.45) is 0 Å². The molecule has 258 valence electrons. The molecule has 3 aliphatic heterocycles. The molecule has 0 fully saturated rings. The lowest BCUT2D eigenvalue weighted by Crippen LogP contribution is -2.55. The largest absolute Gasteiger partial charge is 0.497 e. The molecule has 3 heterocycles. The summed E-state index contributed by atoms with van der Waals surface area (Å²) in [6.07, 6.45) is 0. The number of thioether (sulfide) groups is 3. The molecule has 0 radical (unpaired) electrons. The van der Waals surface area contributed by atoms with Gasteiger partial charge in [-0.15, -0.1) is 0 Å². The van der Waals surface area contributed by atoms with Crippen LogP contribution in [0.25, 0.3) is 5.57 Å². The zero-order valence-corrected chi connectivity index (χ0v) is 30.9. The summed E-state index contributed by atoms with van der Waals surface area (Å²) in [6.45, 7) is 3.51. The Hall–Kier alpha value is -3.76. The van der Waals surface area contributed by atoms with Crippen LogP contribution in [0.15, 0.2) is 61.6 Å². The van der Waals surface area contributed by atoms with Crippen LogP contribution in [-0.2, 0) is 38.1 Å². The lowest BCUT2D eigenvalue weighted by Gasteiger charge is -2.50. The van der Waals surface area contributed by atoms with Gasteiger partial charge in [0.2, 0.25) is 0 Å². The molecule has 0 unspecified atom stereocenters. The number of halogens is 2. The summed E-state index contributed by atoms with van der Waals surface area (Å²) in [7, 11) is 6.05. The number of fused-ring (bicyclic) bond motifs is 3. The Morgan fingerprint density at radius 1 is 0.735 bits per heavy atom. The fourth-order valence-corrected chi connectivity index (χ4v) is 10.9. The molecule has 0 saturated heterocycles. The van der Waals surface area contributed by atoms with E-state index in [9.17, 15) is 24.0 Å². The second-order valence-corrected chi connectivity index (χ2v) is 15.3. The first-order valence-electron chi connectivity index (χ1n) is 14.1. The number of esters is 4.